The van der Waals surface area contributed by atoms with Crippen molar-refractivity contribution in [1.82, 2.24) is 0 Å². The van der Waals surface area contributed by atoms with E-state index in [2.05, 4.69) is 9.78 Å². The molecule has 1 heterocycles. The van der Waals surface area contributed by atoms with Crippen molar-refractivity contribution < 1.29 is 40.7 Å². The van der Waals surface area contributed by atoms with E-state index in [1.807, 2.05) is 0 Å². The van der Waals surface area contributed by atoms with Crippen molar-refractivity contribution in [3.8, 4) is 0 Å². The van der Waals surface area contributed by atoms with Crippen LogP contribution in [0, 0.1) is 0 Å². The fraction of sp³-hybridized carbons (Fsp3) is 1.00. The molecule has 0 bridgehead atoms. The Labute approximate surface area is 54.0 Å². The van der Waals surface area contributed by atoms with Gasteiger partial charge in [-0.2, -0.15) is 9.78 Å². The van der Waals surface area contributed by atoms with Crippen molar-refractivity contribution in [2.24, 2.45) is 0 Å². The van der Waals surface area contributed by atoms with Crippen LogP contribution in [0.1, 0.15) is 6.92 Å². The maximum Gasteiger partial charge on any atom is 0.334 e. The van der Waals surface area contributed by atoms with E-state index in [-0.39, 0.29) is 25.8 Å². The molecule has 0 unspecified atom stereocenters. The van der Waals surface area contributed by atoms with Gasteiger partial charge in [0.05, 0.1) is 0 Å². The van der Waals surface area contributed by atoms with Crippen LogP contribution in [-0.2, 0) is 35.6 Å². The predicted molar refractivity (Wildman–Crippen MR) is 12.8 cm³/mol. The van der Waals surface area contributed by atoms with Gasteiger partial charge in [0, 0.05) is 32.8 Å². The van der Waals surface area contributed by atoms with Crippen LogP contribution in [0.5, 0.6) is 0 Å². The SMILES string of the molecule is CC1(O)OO1.[Hf]. The van der Waals surface area contributed by atoms with Crippen LogP contribution in [0.25, 0.3) is 0 Å². The van der Waals surface area contributed by atoms with Crippen molar-refractivity contribution in [1.29, 1.82) is 0 Å². The minimum atomic E-state index is -1.25. The monoisotopic (exact) mass is 256 g/mol. The van der Waals surface area contributed by atoms with E-state index in [0.717, 1.165) is 0 Å². The Morgan fingerprint density at radius 1 is 1.50 bits per heavy atom. The van der Waals surface area contributed by atoms with E-state index in [0.29, 0.717) is 0 Å². The van der Waals surface area contributed by atoms with Crippen molar-refractivity contribution in [2.45, 2.75) is 12.9 Å². The van der Waals surface area contributed by atoms with E-state index in [1.165, 1.54) is 6.92 Å². The standard InChI is InChI=1S/C2H4O3.Hf/c1-2(3)4-5-2;/h3H,1H3;. The molecule has 4 heteroatoms. The molecule has 1 N–H and O–H groups in total. The van der Waals surface area contributed by atoms with Crippen LogP contribution in [0.2, 0.25) is 0 Å². The first-order valence-corrected chi connectivity index (χ1v) is 1.30. The first-order chi connectivity index (χ1) is 2.21. The number of aliphatic hydroxyl groups is 1. The van der Waals surface area contributed by atoms with E-state index >= 15 is 0 Å². The zero-order valence-electron chi connectivity index (χ0n) is 3.26. The number of hydrogen-bond donors (Lipinski definition) is 1. The van der Waals surface area contributed by atoms with E-state index in [9.17, 15) is 0 Å². The molecule has 0 radical (unpaired) electrons. The van der Waals surface area contributed by atoms with Crippen LogP contribution in [0.3, 0.4) is 0 Å². The number of hydrogen-bond acceptors (Lipinski definition) is 3. The summed E-state index contributed by atoms with van der Waals surface area (Å²) in [5, 5.41) is 8.19. The van der Waals surface area contributed by atoms with Crippen molar-refractivity contribution in [3.05, 3.63) is 0 Å². The topological polar surface area (TPSA) is 45.3 Å². The molecule has 1 rings (SSSR count). The molecular weight excluding hydrogens is 251 g/mol. The molecule has 0 atom stereocenters. The van der Waals surface area contributed by atoms with Crippen molar-refractivity contribution in [3.63, 3.8) is 0 Å². The van der Waals surface area contributed by atoms with E-state index in [4.69, 9.17) is 5.11 Å². The number of rotatable bonds is 0. The van der Waals surface area contributed by atoms with Gasteiger partial charge in [-0.25, -0.2) is 0 Å². The maximum atomic E-state index is 8.19. The Kier molecular flexibility index (Phi) is 1.91. The molecule has 1 aliphatic heterocycles. The average Bonchev–Trinajstić information content (AvgIpc) is 1.76. The molecular formula is C2H4HfO3. The van der Waals surface area contributed by atoms with Gasteiger partial charge in [0.2, 0.25) is 0 Å². The second-order valence-corrected chi connectivity index (χ2v) is 1.06. The third-order valence-electron chi connectivity index (χ3n) is 0.325. The molecule has 0 aromatic heterocycles. The summed E-state index contributed by atoms with van der Waals surface area (Å²) in [5.74, 6) is -1.25. The second kappa shape index (κ2) is 1.69. The third kappa shape index (κ3) is 2.02. The molecule has 34 valence electrons. The fourth-order valence-corrected chi connectivity index (χ4v) is 0.0603. The zero-order chi connectivity index (χ0) is 3.91. The Morgan fingerprint density at radius 2 is 1.67 bits per heavy atom. The van der Waals surface area contributed by atoms with Crippen LogP contribution in [-0.4, -0.2) is 11.1 Å². The van der Waals surface area contributed by atoms with Gasteiger partial charge in [-0.3, -0.25) is 0 Å². The zero-order valence-corrected chi connectivity index (χ0v) is 6.86. The molecule has 0 aliphatic carbocycles. The molecule has 0 aromatic rings. The predicted octanol–water partition coefficient (Wildman–Crippen LogP) is -0.388. The molecule has 0 spiro atoms. The van der Waals surface area contributed by atoms with Crippen molar-refractivity contribution >= 4 is 0 Å². The molecule has 3 nitrogen and oxygen atoms in total. The summed E-state index contributed by atoms with van der Waals surface area (Å²) in [6.45, 7) is 1.41. The normalized spacial score (nSPS) is 25.0. The molecule has 1 fully saturated rings. The Balaban J connectivity index is 0.000000250. The third-order valence-corrected chi connectivity index (χ3v) is 0.325. The van der Waals surface area contributed by atoms with Crippen molar-refractivity contribution in [2.75, 3.05) is 0 Å². The first-order valence-electron chi connectivity index (χ1n) is 1.30. The summed E-state index contributed by atoms with van der Waals surface area (Å²) < 4.78 is 0. The molecule has 0 amide bonds. The van der Waals surface area contributed by atoms with Gasteiger partial charge in [-0.05, 0) is 0 Å². The van der Waals surface area contributed by atoms with Gasteiger partial charge < -0.3 is 5.11 Å². The van der Waals surface area contributed by atoms with E-state index in [1.54, 1.807) is 0 Å². The second-order valence-electron chi connectivity index (χ2n) is 1.06. The van der Waals surface area contributed by atoms with Crippen LogP contribution in [0.15, 0.2) is 0 Å². The summed E-state index contributed by atoms with van der Waals surface area (Å²) in [4.78, 5) is 7.90. The fourth-order valence-electron chi connectivity index (χ4n) is 0.0603. The van der Waals surface area contributed by atoms with Gasteiger partial charge >= 0.3 is 5.97 Å². The summed E-state index contributed by atoms with van der Waals surface area (Å²) >= 11 is 0. The minimum Gasteiger partial charge on any atom is -0.340 e. The van der Waals surface area contributed by atoms with E-state index < -0.39 is 5.97 Å². The van der Waals surface area contributed by atoms with Crippen LogP contribution in [0.4, 0.5) is 0 Å². The molecule has 0 aromatic carbocycles. The summed E-state index contributed by atoms with van der Waals surface area (Å²) in [6.07, 6.45) is 0. The average molecular weight is 255 g/mol. The first kappa shape index (κ1) is 6.75. The van der Waals surface area contributed by atoms with Gasteiger partial charge in [0.1, 0.15) is 0 Å². The van der Waals surface area contributed by atoms with Gasteiger partial charge in [-0.15, -0.1) is 0 Å². The molecule has 6 heavy (non-hydrogen) atoms. The van der Waals surface area contributed by atoms with Gasteiger partial charge in [0.15, 0.2) is 0 Å². The smallest absolute Gasteiger partial charge is 0.334 e. The Morgan fingerprint density at radius 3 is 1.67 bits per heavy atom. The summed E-state index contributed by atoms with van der Waals surface area (Å²) in [5.41, 5.74) is 0. The minimum absolute atomic E-state index is 0. The molecule has 1 saturated heterocycles. The van der Waals surface area contributed by atoms with Crippen LogP contribution >= 0.6 is 0 Å². The van der Waals surface area contributed by atoms with Crippen LogP contribution < -0.4 is 0 Å². The molecule has 1 aliphatic rings. The molecule has 0 saturated carbocycles. The Bertz CT molecular complexity index is 46.8. The van der Waals surface area contributed by atoms with Gasteiger partial charge in [0.25, 0.3) is 0 Å². The summed E-state index contributed by atoms with van der Waals surface area (Å²) in [6, 6.07) is 0. The van der Waals surface area contributed by atoms with Gasteiger partial charge in [-0.1, -0.05) is 0 Å². The maximum absolute atomic E-state index is 8.19. The largest absolute Gasteiger partial charge is 0.340 e. The summed E-state index contributed by atoms with van der Waals surface area (Å²) in [7, 11) is 0. The quantitative estimate of drug-likeness (QED) is 0.364. The Hall–Kier alpha value is 0.750.